The van der Waals surface area contributed by atoms with Crippen LogP contribution < -0.4 is 15.0 Å². The van der Waals surface area contributed by atoms with Gasteiger partial charge in [-0.25, -0.2) is 0 Å². The molecule has 146 valence electrons. The van der Waals surface area contributed by atoms with Gasteiger partial charge in [0, 0.05) is 31.2 Å². The Bertz CT molecular complexity index is 871. The minimum absolute atomic E-state index is 0.262. The van der Waals surface area contributed by atoms with Crippen LogP contribution in [0.3, 0.4) is 0 Å². The van der Waals surface area contributed by atoms with Gasteiger partial charge in [0.1, 0.15) is 5.75 Å². The molecule has 2 aromatic carbocycles. The number of anilines is 2. The summed E-state index contributed by atoms with van der Waals surface area (Å²) >= 11 is 6.16. The van der Waals surface area contributed by atoms with Crippen molar-refractivity contribution >= 4 is 28.9 Å². The van der Waals surface area contributed by atoms with Gasteiger partial charge in [-0.2, -0.15) is 5.26 Å². The monoisotopic (exact) mass is 398 g/mol. The standard InChI is InChI=1S/C21H23ClN4O2/c1-15(28-18-6-3-16(14-23)4-7-18)21(27)24-19-13-17(22)5-8-20(19)26-11-9-25(2)10-12-26/h3-8,13,15H,9-12H2,1-2H3,(H,24,27). The lowest BCUT2D eigenvalue weighted by Gasteiger charge is -2.35. The summed E-state index contributed by atoms with van der Waals surface area (Å²) < 4.78 is 5.70. The fourth-order valence-corrected chi connectivity index (χ4v) is 3.20. The molecule has 1 fully saturated rings. The molecule has 0 saturated carbocycles. The lowest BCUT2D eigenvalue weighted by Crippen LogP contribution is -2.44. The average molecular weight is 399 g/mol. The number of nitrogens with one attached hydrogen (secondary N) is 1. The van der Waals surface area contributed by atoms with Gasteiger partial charge >= 0.3 is 0 Å². The van der Waals surface area contributed by atoms with E-state index < -0.39 is 6.10 Å². The summed E-state index contributed by atoms with van der Waals surface area (Å²) in [6, 6.07) is 14.3. The van der Waals surface area contributed by atoms with Crippen LogP contribution in [0.5, 0.6) is 5.75 Å². The van der Waals surface area contributed by atoms with Crippen LogP contribution in [0.4, 0.5) is 11.4 Å². The fourth-order valence-electron chi connectivity index (χ4n) is 3.03. The summed E-state index contributed by atoms with van der Waals surface area (Å²) in [6.07, 6.45) is -0.702. The highest BCUT2D eigenvalue weighted by Crippen LogP contribution is 2.30. The third kappa shape index (κ3) is 4.94. The van der Waals surface area contributed by atoms with Crippen LogP contribution in [0.1, 0.15) is 12.5 Å². The lowest BCUT2D eigenvalue weighted by molar-refractivity contribution is -0.122. The first-order chi connectivity index (χ1) is 13.5. The maximum absolute atomic E-state index is 12.7. The molecule has 0 aliphatic carbocycles. The highest BCUT2D eigenvalue weighted by molar-refractivity contribution is 6.31. The maximum atomic E-state index is 12.7. The van der Waals surface area contributed by atoms with Gasteiger partial charge in [0.2, 0.25) is 0 Å². The van der Waals surface area contributed by atoms with E-state index in [2.05, 4.69) is 28.2 Å². The largest absolute Gasteiger partial charge is 0.481 e. The Labute approximate surface area is 170 Å². The van der Waals surface area contributed by atoms with E-state index in [9.17, 15) is 4.79 Å². The molecule has 2 aromatic rings. The zero-order valence-corrected chi connectivity index (χ0v) is 16.7. The molecule has 1 heterocycles. The molecule has 1 amide bonds. The van der Waals surface area contributed by atoms with E-state index in [1.807, 2.05) is 12.1 Å². The number of ether oxygens (including phenoxy) is 1. The SMILES string of the molecule is CC(Oc1ccc(C#N)cc1)C(=O)Nc1cc(Cl)ccc1N1CCN(C)CC1. The van der Waals surface area contributed by atoms with Crippen molar-refractivity contribution < 1.29 is 9.53 Å². The number of halogens is 1. The van der Waals surface area contributed by atoms with E-state index in [0.717, 1.165) is 31.9 Å². The Kier molecular flexibility index (Phi) is 6.40. The number of rotatable bonds is 5. The van der Waals surface area contributed by atoms with Gasteiger partial charge < -0.3 is 19.9 Å². The van der Waals surface area contributed by atoms with Crippen molar-refractivity contribution in [1.82, 2.24) is 4.90 Å². The van der Waals surface area contributed by atoms with Gasteiger partial charge in [0.25, 0.3) is 5.91 Å². The van der Waals surface area contributed by atoms with E-state index in [0.29, 0.717) is 22.0 Å². The molecule has 1 aliphatic rings. The minimum Gasteiger partial charge on any atom is -0.481 e. The Hall–Kier alpha value is -2.75. The molecule has 0 spiro atoms. The number of likely N-dealkylation sites (N-methyl/N-ethyl adjacent to an activating group) is 1. The second-order valence-corrected chi connectivity index (χ2v) is 7.27. The summed E-state index contributed by atoms with van der Waals surface area (Å²) in [5.74, 6) is 0.272. The zero-order chi connectivity index (χ0) is 20.1. The zero-order valence-electron chi connectivity index (χ0n) is 16.0. The Balaban J connectivity index is 1.70. The second-order valence-electron chi connectivity index (χ2n) is 6.84. The van der Waals surface area contributed by atoms with Crippen molar-refractivity contribution in [1.29, 1.82) is 5.26 Å². The molecule has 0 radical (unpaired) electrons. The molecule has 28 heavy (non-hydrogen) atoms. The van der Waals surface area contributed by atoms with E-state index >= 15 is 0 Å². The van der Waals surface area contributed by atoms with Crippen LogP contribution in [-0.4, -0.2) is 50.1 Å². The number of hydrogen-bond acceptors (Lipinski definition) is 5. The summed E-state index contributed by atoms with van der Waals surface area (Å²) in [6.45, 7) is 5.40. The quantitative estimate of drug-likeness (QED) is 0.836. The highest BCUT2D eigenvalue weighted by Gasteiger charge is 2.21. The Morgan fingerprint density at radius 2 is 1.86 bits per heavy atom. The fraction of sp³-hybridized carbons (Fsp3) is 0.333. The predicted octanol–water partition coefficient (Wildman–Crippen LogP) is 3.37. The number of amides is 1. The topological polar surface area (TPSA) is 68.6 Å². The van der Waals surface area contributed by atoms with Gasteiger partial charge in [-0.05, 0) is 56.4 Å². The summed E-state index contributed by atoms with van der Waals surface area (Å²) in [4.78, 5) is 17.2. The van der Waals surface area contributed by atoms with Crippen molar-refractivity contribution in [3.05, 3.63) is 53.1 Å². The van der Waals surface area contributed by atoms with Crippen LogP contribution in [0.15, 0.2) is 42.5 Å². The van der Waals surface area contributed by atoms with E-state index in [4.69, 9.17) is 21.6 Å². The molecular weight excluding hydrogens is 376 g/mol. The smallest absolute Gasteiger partial charge is 0.265 e. The van der Waals surface area contributed by atoms with E-state index in [-0.39, 0.29) is 5.91 Å². The number of benzene rings is 2. The number of carbonyl (C=O) groups excluding carboxylic acids is 1. The minimum atomic E-state index is -0.702. The molecule has 0 bridgehead atoms. The average Bonchev–Trinajstić information content (AvgIpc) is 2.69. The maximum Gasteiger partial charge on any atom is 0.265 e. The normalized spacial score (nSPS) is 15.6. The van der Waals surface area contributed by atoms with E-state index in [1.165, 1.54) is 0 Å². The number of piperazine rings is 1. The molecule has 1 aliphatic heterocycles. The molecule has 7 heteroatoms. The highest BCUT2D eigenvalue weighted by atomic mass is 35.5. The summed E-state index contributed by atoms with van der Waals surface area (Å²) in [7, 11) is 2.10. The molecule has 1 saturated heterocycles. The summed E-state index contributed by atoms with van der Waals surface area (Å²) in [5.41, 5.74) is 2.17. The van der Waals surface area contributed by atoms with Gasteiger partial charge in [-0.15, -0.1) is 0 Å². The van der Waals surface area contributed by atoms with E-state index in [1.54, 1.807) is 37.3 Å². The predicted molar refractivity (Wildman–Crippen MR) is 111 cm³/mol. The van der Waals surface area contributed by atoms with Crippen molar-refractivity contribution in [2.75, 3.05) is 43.4 Å². The molecule has 3 rings (SSSR count). The summed E-state index contributed by atoms with van der Waals surface area (Å²) in [5, 5.41) is 12.4. The van der Waals surface area contributed by atoms with Gasteiger partial charge in [-0.3, -0.25) is 4.79 Å². The van der Waals surface area contributed by atoms with Crippen molar-refractivity contribution in [3.8, 4) is 11.8 Å². The van der Waals surface area contributed by atoms with Crippen LogP contribution >= 0.6 is 11.6 Å². The first-order valence-corrected chi connectivity index (χ1v) is 9.55. The first kappa shape index (κ1) is 20.0. The van der Waals surface area contributed by atoms with Gasteiger partial charge in [-0.1, -0.05) is 11.6 Å². The third-order valence-electron chi connectivity index (χ3n) is 4.73. The molecule has 1 unspecified atom stereocenters. The van der Waals surface area contributed by atoms with Crippen LogP contribution in [-0.2, 0) is 4.79 Å². The van der Waals surface area contributed by atoms with Gasteiger partial charge in [0.05, 0.1) is 23.0 Å². The van der Waals surface area contributed by atoms with Gasteiger partial charge in [0.15, 0.2) is 6.10 Å². The van der Waals surface area contributed by atoms with Crippen LogP contribution in [0.2, 0.25) is 5.02 Å². The number of nitriles is 1. The second kappa shape index (κ2) is 8.96. The van der Waals surface area contributed by atoms with Crippen molar-refractivity contribution in [2.45, 2.75) is 13.0 Å². The Morgan fingerprint density at radius 3 is 2.50 bits per heavy atom. The third-order valence-corrected chi connectivity index (χ3v) is 4.96. The first-order valence-electron chi connectivity index (χ1n) is 9.17. The van der Waals surface area contributed by atoms with Crippen LogP contribution in [0.25, 0.3) is 0 Å². The van der Waals surface area contributed by atoms with Crippen LogP contribution in [0, 0.1) is 11.3 Å². The number of carbonyl (C=O) groups is 1. The molecule has 1 atom stereocenters. The molecular formula is C21H23ClN4O2. The number of nitrogens with zero attached hydrogens (tertiary/aromatic N) is 3. The number of hydrogen-bond donors (Lipinski definition) is 1. The van der Waals surface area contributed by atoms with Crippen molar-refractivity contribution in [2.24, 2.45) is 0 Å². The molecule has 0 aromatic heterocycles. The molecule has 6 nitrogen and oxygen atoms in total. The Morgan fingerprint density at radius 1 is 1.18 bits per heavy atom. The lowest BCUT2D eigenvalue weighted by atomic mass is 10.2. The van der Waals surface area contributed by atoms with Crippen molar-refractivity contribution in [3.63, 3.8) is 0 Å². The molecule has 1 N–H and O–H groups in total.